The third-order valence-corrected chi connectivity index (χ3v) is 6.72. The topological polar surface area (TPSA) is 62.3 Å². The van der Waals surface area contributed by atoms with Crippen LogP contribution in [-0.4, -0.2) is 33.5 Å². The molecule has 3 aromatic rings. The van der Waals surface area contributed by atoms with Crippen LogP contribution in [0.2, 0.25) is 0 Å². The van der Waals surface area contributed by atoms with E-state index >= 15 is 0 Å². The molecule has 0 radical (unpaired) electrons. The van der Waals surface area contributed by atoms with Crippen molar-refractivity contribution in [1.82, 2.24) is 15.2 Å². The summed E-state index contributed by atoms with van der Waals surface area (Å²) in [6, 6.07) is 16.8. The van der Waals surface area contributed by atoms with E-state index in [-0.39, 0.29) is 17.2 Å². The van der Waals surface area contributed by atoms with Crippen molar-refractivity contribution >= 4 is 34.9 Å². The Morgan fingerprint density at radius 1 is 1.11 bits per heavy atom. The Morgan fingerprint density at radius 3 is 2.68 bits per heavy atom. The standard InChI is InChI=1S/C21H19N3O2S2/c25-19(23-13-15-6-4-10-22-12-15)17-14-28-21(16-7-2-1-3-8-16)24(17)20(26)18-9-5-11-27-18/h1-12,17,21H,13-14H2,(H,23,25). The molecule has 142 valence electrons. The van der Waals surface area contributed by atoms with Gasteiger partial charge in [0.2, 0.25) is 5.91 Å². The van der Waals surface area contributed by atoms with Crippen LogP contribution in [0.3, 0.4) is 0 Å². The number of nitrogens with zero attached hydrogens (tertiary/aromatic N) is 2. The molecule has 2 amide bonds. The summed E-state index contributed by atoms with van der Waals surface area (Å²) in [7, 11) is 0. The van der Waals surface area contributed by atoms with Crippen LogP contribution >= 0.6 is 23.1 Å². The Hall–Kier alpha value is -2.64. The van der Waals surface area contributed by atoms with Gasteiger partial charge in [-0.05, 0) is 28.6 Å². The van der Waals surface area contributed by atoms with Gasteiger partial charge >= 0.3 is 0 Å². The van der Waals surface area contributed by atoms with Crippen molar-refractivity contribution in [2.24, 2.45) is 0 Å². The fourth-order valence-corrected chi connectivity index (χ4v) is 5.26. The second kappa shape index (κ2) is 8.58. The number of thiophene rings is 1. The molecule has 0 spiro atoms. The van der Waals surface area contributed by atoms with Crippen molar-refractivity contribution < 1.29 is 9.59 Å². The van der Waals surface area contributed by atoms with E-state index in [1.807, 2.05) is 60.0 Å². The minimum atomic E-state index is -0.513. The van der Waals surface area contributed by atoms with Crippen molar-refractivity contribution in [3.8, 4) is 0 Å². The summed E-state index contributed by atoms with van der Waals surface area (Å²) in [4.78, 5) is 32.6. The van der Waals surface area contributed by atoms with Crippen molar-refractivity contribution in [2.75, 3.05) is 5.75 Å². The van der Waals surface area contributed by atoms with Crippen LogP contribution in [0.1, 0.15) is 26.2 Å². The lowest BCUT2D eigenvalue weighted by Gasteiger charge is -2.28. The first-order chi connectivity index (χ1) is 13.7. The Bertz CT molecular complexity index is 933. The first kappa shape index (κ1) is 18.7. The zero-order valence-corrected chi connectivity index (χ0v) is 16.7. The van der Waals surface area contributed by atoms with Gasteiger partial charge in [-0.25, -0.2) is 0 Å². The van der Waals surface area contributed by atoms with Gasteiger partial charge in [-0.15, -0.1) is 23.1 Å². The summed E-state index contributed by atoms with van der Waals surface area (Å²) >= 11 is 3.02. The van der Waals surface area contributed by atoms with E-state index in [0.717, 1.165) is 11.1 Å². The number of rotatable bonds is 5. The fourth-order valence-electron chi connectivity index (χ4n) is 3.17. The summed E-state index contributed by atoms with van der Waals surface area (Å²) < 4.78 is 0. The monoisotopic (exact) mass is 409 g/mol. The Kier molecular flexibility index (Phi) is 5.73. The maximum atomic E-state index is 13.2. The van der Waals surface area contributed by atoms with Crippen LogP contribution in [0.5, 0.6) is 0 Å². The zero-order valence-electron chi connectivity index (χ0n) is 15.0. The van der Waals surface area contributed by atoms with E-state index in [1.165, 1.54) is 11.3 Å². The van der Waals surface area contributed by atoms with Crippen LogP contribution in [0.25, 0.3) is 0 Å². The van der Waals surface area contributed by atoms with Gasteiger partial charge in [-0.1, -0.05) is 42.5 Å². The predicted octanol–water partition coefficient (Wildman–Crippen LogP) is 3.72. The number of amides is 2. The molecule has 0 saturated carbocycles. The highest BCUT2D eigenvalue weighted by molar-refractivity contribution is 7.99. The summed E-state index contributed by atoms with van der Waals surface area (Å²) in [5, 5.41) is 4.66. The molecular weight excluding hydrogens is 390 g/mol. The number of hydrogen-bond acceptors (Lipinski definition) is 5. The predicted molar refractivity (Wildman–Crippen MR) is 112 cm³/mol. The molecule has 0 bridgehead atoms. The number of hydrogen-bond donors (Lipinski definition) is 1. The molecule has 28 heavy (non-hydrogen) atoms. The highest BCUT2D eigenvalue weighted by Gasteiger charge is 2.42. The quantitative estimate of drug-likeness (QED) is 0.698. The molecule has 1 aromatic carbocycles. The molecule has 2 atom stereocenters. The van der Waals surface area contributed by atoms with Crippen LogP contribution < -0.4 is 5.32 Å². The van der Waals surface area contributed by atoms with Crippen molar-refractivity contribution in [3.05, 3.63) is 88.4 Å². The largest absolute Gasteiger partial charge is 0.350 e. The van der Waals surface area contributed by atoms with E-state index in [1.54, 1.807) is 29.1 Å². The molecule has 2 aromatic heterocycles. The van der Waals surface area contributed by atoms with Crippen LogP contribution in [-0.2, 0) is 11.3 Å². The lowest BCUT2D eigenvalue weighted by Crippen LogP contribution is -2.47. The maximum absolute atomic E-state index is 13.2. The number of carbonyl (C=O) groups excluding carboxylic acids is 2. The molecule has 0 aliphatic carbocycles. The van der Waals surface area contributed by atoms with Gasteiger partial charge in [-0.3, -0.25) is 14.6 Å². The third kappa shape index (κ3) is 3.95. The van der Waals surface area contributed by atoms with E-state index in [9.17, 15) is 9.59 Å². The molecule has 1 saturated heterocycles. The summed E-state index contributed by atoms with van der Waals surface area (Å²) in [6.45, 7) is 0.394. The van der Waals surface area contributed by atoms with E-state index < -0.39 is 6.04 Å². The van der Waals surface area contributed by atoms with Gasteiger partial charge in [0, 0.05) is 24.7 Å². The maximum Gasteiger partial charge on any atom is 0.265 e. The Morgan fingerprint density at radius 2 is 1.96 bits per heavy atom. The van der Waals surface area contributed by atoms with Crippen molar-refractivity contribution in [3.63, 3.8) is 0 Å². The zero-order chi connectivity index (χ0) is 19.3. The summed E-state index contributed by atoms with van der Waals surface area (Å²) in [6.07, 6.45) is 3.43. The minimum absolute atomic E-state index is 0.101. The van der Waals surface area contributed by atoms with Gasteiger partial charge < -0.3 is 10.2 Å². The van der Waals surface area contributed by atoms with Gasteiger partial charge in [0.25, 0.3) is 5.91 Å². The second-order valence-electron chi connectivity index (χ2n) is 6.38. The SMILES string of the molecule is O=C(NCc1cccnc1)C1CSC(c2ccccc2)N1C(=O)c1cccs1. The Balaban J connectivity index is 1.56. The van der Waals surface area contributed by atoms with Crippen LogP contribution in [0, 0.1) is 0 Å². The molecule has 1 aliphatic rings. The first-order valence-electron chi connectivity index (χ1n) is 8.93. The van der Waals surface area contributed by atoms with E-state index in [4.69, 9.17) is 0 Å². The Labute approximate surface area is 171 Å². The number of carbonyl (C=O) groups is 2. The molecule has 1 fully saturated rings. The first-order valence-corrected chi connectivity index (χ1v) is 10.9. The lowest BCUT2D eigenvalue weighted by molar-refractivity contribution is -0.125. The number of pyridine rings is 1. The van der Waals surface area contributed by atoms with E-state index in [0.29, 0.717) is 17.2 Å². The lowest BCUT2D eigenvalue weighted by atomic mass is 10.1. The number of benzene rings is 1. The van der Waals surface area contributed by atoms with Crippen LogP contribution in [0.4, 0.5) is 0 Å². The fraction of sp³-hybridized carbons (Fsp3) is 0.190. The molecule has 3 heterocycles. The minimum Gasteiger partial charge on any atom is -0.350 e. The van der Waals surface area contributed by atoms with Gasteiger partial charge in [-0.2, -0.15) is 0 Å². The molecule has 1 aliphatic heterocycles. The molecule has 7 heteroatoms. The average Bonchev–Trinajstić information content (AvgIpc) is 3.43. The average molecular weight is 410 g/mol. The van der Waals surface area contributed by atoms with E-state index in [2.05, 4.69) is 10.3 Å². The smallest absolute Gasteiger partial charge is 0.265 e. The van der Waals surface area contributed by atoms with Gasteiger partial charge in [0.05, 0.1) is 4.88 Å². The number of thioether (sulfide) groups is 1. The summed E-state index contributed by atoms with van der Waals surface area (Å²) in [5.41, 5.74) is 1.96. The number of nitrogens with one attached hydrogen (secondary N) is 1. The molecule has 4 rings (SSSR count). The molecule has 1 N–H and O–H groups in total. The molecular formula is C21H19N3O2S2. The summed E-state index contributed by atoms with van der Waals surface area (Å²) in [5.74, 6) is 0.324. The second-order valence-corrected chi connectivity index (χ2v) is 8.44. The van der Waals surface area contributed by atoms with Crippen molar-refractivity contribution in [2.45, 2.75) is 18.0 Å². The molecule has 2 unspecified atom stereocenters. The normalized spacial score (nSPS) is 18.8. The highest BCUT2D eigenvalue weighted by Crippen LogP contribution is 2.42. The van der Waals surface area contributed by atoms with Crippen molar-refractivity contribution in [1.29, 1.82) is 0 Å². The van der Waals surface area contributed by atoms with Gasteiger partial charge in [0.1, 0.15) is 11.4 Å². The third-order valence-electron chi connectivity index (χ3n) is 4.54. The highest BCUT2D eigenvalue weighted by atomic mass is 32.2. The van der Waals surface area contributed by atoms with Crippen LogP contribution in [0.15, 0.2) is 72.4 Å². The number of aromatic nitrogens is 1. The molecule has 5 nitrogen and oxygen atoms in total. The van der Waals surface area contributed by atoms with Gasteiger partial charge in [0.15, 0.2) is 0 Å².